The molecule has 0 aliphatic carbocycles. The quantitative estimate of drug-likeness (QED) is 0.797. The van der Waals surface area contributed by atoms with Crippen LogP contribution in [0.5, 0.6) is 0 Å². The number of amides is 1. The molecule has 0 aliphatic heterocycles. The first-order valence-corrected chi connectivity index (χ1v) is 7.69. The topological polar surface area (TPSA) is 29.1 Å². The molecule has 0 spiro atoms. The first-order valence-electron chi connectivity index (χ1n) is 6.55. The van der Waals surface area contributed by atoms with Gasteiger partial charge in [-0.05, 0) is 36.8 Å². The number of halogens is 4. The van der Waals surface area contributed by atoms with E-state index in [1.54, 1.807) is 31.2 Å². The minimum atomic E-state index is -0.500. The SMILES string of the molecule is CC(NC(=O)Cc1c(F)cccc1Cl)c1ccc(Cl)cc1Cl. The lowest BCUT2D eigenvalue weighted by atomic mass is 10.1. The van der Waals surface area contributed by atoms with Gasteiger partial charge in [0.05, 0.1) is 12.5 Å². The third-order valence-electron chi connectivity index (χ3n) is 3.21. The fourth-order valence-electron chi connectivity index (χ4n) is 2.08. The molecule has 2 rings (SSSR count). The van der Waals surface area contributed by atoms with Crippen LogP contribution in [0.25, 0.3) is 0 Å². The Balaban J connectivity index is 2.08. The predicted molar refractivity (Wildman–Crippen MR) is 88.1 cm³/mol. The van der Waals surface area contributed by atoms with E-state index < -0.39 is 5.82 Å². The van der Waals surface area contributed by atoms with Crippen LogP contribution in [-0.4, -0.2) is 5.91 Å². The van der Waals surface area contributed by atoms with Gasteiger partial charge in [0.2, 0.25) is 5.91 Å². The van der Waals surface area contributed by atoms with Crippen LogP contribution in [0.3, 0.4) is 0 Å². The van der Waals surface area contributed by atoms with Gasteiger partial charge in [-0.15, -0.1) is 0 Å². The van der Waals surface area contributed by atoms with Gasteiger partial charge < -0.3 is 5.32 Å². The summed E-state index contributed by atoms with van der Waals surface area (Å²) in [5.74, 6) is -0.842. The van der Waals surface area contributed by atoms with Crippen molar-refractivity contribution in [1.29, 1.82) is 0 Å². The number of carbonyl (C=O) groups is 1. The first kappa shape index (κ1) is 17.1. The predicted octanol–water partition coefficient (Wildman–Crippen LogP) is 5.21. The van der Waals surface area contributed by atoms with Crippen molar-refractivity contribution in [2.24, 2.45) is 0 Å². The largest absolute Gasteiger partial charge is 0.349 e. The van der Waals surface area contributed by atoms with Crippen molar-refractivity contribution in [3.05, 3.63) is 68.4 Å². The summed E-state index contributed by atoms with van der Waals surface area (Å²) in [7, 11) is 0. The maximum Gasteiger partial charge on any atom is 0.225 e. The average Bonchev–Trinajstić information content (AvgIpc) is 2.42. The van der Waals surface area contributed by atoms with E-state index in [-0.39, 0.29) is 29.0 Å². The molecule has 1 N–H and O–H groups in total. The normalized spacial score (nSPS) is 12.0. The Kier molecular flexibility index (Phi) is 5.68. The highest BCUT2D eigenvalue weighted by molar-refractivity contribution is 6.35. The molecule has 6 heteroatoms. The number of benzene rings is 2. The van der Waals surface area contributed by atoms with E-state index in [4.69, 9.17) is 34.8 Å². The van der Waals surface area contributed by atoms with Crippen LogP contribution in [0, 0.1) is 5.82 Å². The second-order valence-electron chi connectivity index (χ2n) is 4.83. The number of hydrogen-bond donors (Lipinski definition) is 1. The third-order valence-corrected chi connectivity index (χ3v) is 4.12. The zero-order valence-electron chi connectivity index (χ0n) is 11.7. The molecule has 22 heavy (non-hydrogen) atoms. The smallest absolute Gasteiger partial charge is 0.225 e. The Morgan fingerprint density at radius 2 is 1.91 bits per heavy atom. The molecular weight excluding hydrogens is 348 g/mol. The molecule has 0 aliphatic rings. The highest BCUT2D eigenvalue weighted by Crippen LogP contribution is 2.26. The Morgan fingerprint density at radius 1 is 1.18 bits per heavy atom. The maximum atomic E-state index is 13.7. The Labute approximate surface area is 143 Å². The van der Waals surface area contributed by atoms with Crippen LogP contribution in [0.15, 0.2) is 36.4 Å². The van der Waals surface area contributed by atoms with Crippen molar-refractivity contribution in [2.45, 2.75) is 19.4 Å². The lowest BCUT2D eigenvalue weighted by Crippen LogP contribution is -2.28. The molecule has 2 nitrogen and oxygen atoms in total. The van der Waals surface area contributed by atoms with Crippen LogP contribution in [0.4, 0.5) is 4.39 Å². The van der Waals surface area contributed by atoms with Crippen LogP contribution in [0.1, 0.15) is 24.1 Å². The number of hydrogen-bond acceptors (Lipinski definition) is 1. The summed E-state index contributed by atoms with van der Waals surface area (Å²) in [6, 6.07) is 9.03. The molecule has 2 aromatic carbocycles. The number of carbonyl (C=O) groups excluding carboxylic acids is 1. The van der Waals surface area contributed by atoms with Crippen molar-refractivity contribution in [3.8, 4) is 0 Å². The molecule has 0 fully saturated rings. The van der Waals surface area contributed by atoms with Crippen LogP contribution in [-0.2, 0) is 11.2 Å². The van der Waals surface area contributed by atoms with Gasteiger partial charge >= 0.3 is 0 Å². The number of nitrogens with one attached hydrogen (secondary N) is 1. The second-order valence-corrected chi connectivity index (χ2v) is 6.08. The highest BCUT2D eigenvalue weighted by Gasteiger charge is 2.16. The van der Waals surface area contributed by atoms with Crippen molar-refractivity contribution in [1.82, 2.24) is 5.32 Å². The van der Waals surface area contributed by atoms with E-state index >= 15 is 0 Å². The molecule has 1 atom stereocenters. The lowest BCUT2D eigenvalue weighted by Gasteiger charge is -2.16. The maximum absolute atomic E-state index is 13.7. The standard InChI is InChI=1S/C16H13Cl3FNO/c1-9(11-6-5-10(17)7-14(11)19)21-16(22)8-12-13(18)3-2-4-15(12)20/h2-7,9H,8H2,1H3,(H,21,22). The van der Waals surface area contributed by atoms with Gasteiger partial charge in [-0.25, -0.2) is 4.39 Å². The summed E-state index contributed by atoms with van der Waals surface area (Å²) in [6.07, 6.45) is -0.138. The van der Waals surface area contributed by atoms with Gasteiger partial charge in [0, 0.05) is 20.6 Å². The fourth-order valence-corrected chi connectivity index (χ4v) is 2.89. The van der Waals surface area contributed by atoms with Crippen molar-refractivity contribution >= 4 is 40.7 Å². The van der Waals surface area contributed by atoms with E-state index in [1.165, 1.54) is 12.1 Å². The molecule has 0 bridgehead atoms. The zero-order valence-corrected chi connectivity index (χ0v) is 13.9. The van der Waals surface area contributed by atoms with E-state index in [9.17, 15) is 9.18 Å². The molecular formula is C16H13Cl3FNO. The Bertz CT molecular complexity index is 686. The van der Waals surface area contributed by atoms with Gasteiger partial charge in [-0.3, -0.25) is 4.79 Å². The molecule has 0 saturated carbocycles. The molecule has 1 unspecified atom stereocenters. The molecule has 116 valence electrons. The summed E-state index contributed by atoms with van der Waals surface area (Å²) in [6.45, 7) is 1.79. The monoisotopic (exact) mass is 359 g/mol. The van der Waals surface area contributed by atoms with Gasteiger partial charge in [0.25, 0.3) is 0 Å². The minimum Gasteiger partial charge on any atom is -0.349 e. The van der Waals surface area contributed by atoms with E-state index in [1.807, 2.05) is 0 Å². The van der Waals surface area contributed by atoms with Crippen molar-refractivity contribution in [2.75, 3.05) is 0 Å². The van der Waals surface area contributed by atoms with Crippen molar-refractivity contribution < 1.29 is 9.18 Å². The fraction of sp³-hybridized carbons (Fsp3) is 0.188. The van der Waals surface area contributed by atoms with E-state index in [2.05, 4.69) is 5.32 Å². The molecule has 2 aromatic rings. The van der Waals surface area contributed by atoms with Crippen LogP contribution < -0.4 is 5.32 Å². The minimum absolute atomic E-state index is 0.138. The summed E-state index contributed by atoms with van der Waals surface area (Å²) in [5.41, 5.74) is 0.912. The highest BCUT2D eigenvalue weighted by atomic mass is 35.5. The molecule has 0 heterocycles. The van der Waals surface area contributed by atoms with Gasteiger partial charge in [0.15, 0.2) is 0 Å². The van der Waals surface area contributed by atoms with E-state index in [0.29, 0.717) is 10.0 Å². The van der Waals surface area contributed by atoms with Gasteiger partial charge in [-0.2, -0.15) is 0 Å². The first-order chi connectivity index (χ1) is 10.4. The Morgan fingerprint density at radius 3 is 2.55 bits per heavy atom. The average molecular weight is 361 g/mol. The molecule has 1 amide bonds. The van der Waals surface area contributed by atoms with Gasteiger partial charge in [-0.1, -0.05) is 46.9 Å². The number of rotatable bonds is 4. The molecule has 0 saturated heterocycles. The zero-order chi connectivity index (χ0) is 16.3. The summed E-state index contributed by atoms with van der Waals surface area (Å²) in [5, 5.41) is 3.98. The Hall–Kier alpha value is -1.29. The summed E-state index contributed by atoms with van der Waals surface area (Å²) < 4.78 is 13.7. The molecule has 0 aromatic heterocycles. The van der Waals surface area contributed by atoms with E-state index in [0.717, 1.165) is 5.56 Å². The second kappa shape index (κ2) is 7.32. The summed E-state index contributed by atoms with van der Waals surface area (Å²) in [4.78, 5) is 12.1. The molecule has 0 radical (unpaired) electrons. The van der Waals surface area contributed by atoms with Crippen LogP contribution in [0.2, 0.25) is 15.1 Å². The van der Waals surface area contributed by atoms with Crippen LogP contribution >= 0.6 is 34.8 Å². The lowest BCUT2D eigenvalue weighted by molar-refractivity contribution is -0.121. The van der Waals surface area contributed by atoms with Gasteiger partial charge in [0.1, 0.15) is 5.82 Å². The van der Waals surface area contributed by atoms with Crippen molar-refractivity contribution in [3.63, 3.8) is 0 Å². The summed E-state index contributed by atoms with van der Waals surface area (Å²) >= 11 is 17.9. The third kappa shape index (κ3) is 4.13.